The van der Waals surface area contributed by atoms with Gasteiger partial charge in [0.1, 0.15) is 11.5 Å². The van der Waals surface area contributed by atoms with E-state index in [-0.39, 0.29) is 17.4 Å². The first-order valence-corrected chi connectivity index (χ1v) is 10.5. The van der Waals surface area contributed by atoms with Gasteiger partial charge in [-0.3, -0.25) is 9.59 Å². The van der Waals surface area contributed by atoms with Crippen LogP contribution in [0.4, 0.5) is 0 Å². The Morgan fingerprint density at radius 1 is 1.16 bits per heavy atom. The van der Waals surface area contributed by atoms with Gasteiger partial charge in [0.25, 0.3) is 11.7 Å². The van der Waals surface area contributed by atoms with Gasteiger partial charge >= 0.3 is 0 Å². The lowest BCUT2D eigenvalue weighted by Gasteiger charge is -2.25. The van der Waals surface area contributed by atoms with E-state index in [4.69, 9.17) is 21.1 Å². The number of hydrogen-bond acceptors (Lipinski definition) is 5. The van der Waals surface area contributed by atoms with E-state index in [1.165, 1.54) is 4.90 Å². The molecule has 1 aliphatic rings. The van der Waals surface area contributed by atoms with Crippen molar-refractivity contribution < 1.29 is 24.2 Å². The minimum atomic E-state index is -0.720. The molecule has 1 saturated heterocycles. The van der Waals surface area contributed by atoms with Gasteiger partial charge in [-0.1, -0.05) is 35.9 Å². The van der Waals surface area contributed by atoms with E-state index in [1.807, 2.05) is 26.0 Å². The number of ether oxygens (including phenoxy) is 2. The second-order valence-electron chi connectivity index (χ2n) is 7.58. The average molecular weight is 444 g/mol. The Hall–Kier alpha value is -2.83. The van der Waals surface area contributed by atoms with Crippen LogP contribution >= 0.6 is 11.6 Å². The number of halogens is 1. The summed E-state index contributed by atoms with van der Waals surface area (Å²) in [5, 5.41) is 11.4. The van der Waals surface area contributed by atoms with Crippen molar-refractivity contribution in [3.05, 3.63) is 70.3 Å². The standard InChI is InChI=1S/C24H26ClNO5/c1-15(2)31-19-10-8-16(9-11-19)21-20(22(27)17-6-4-7-18(25)14-17)23(28)24(29)26(21)12-5-13-30-3/h4,6-11,14-15,21,27H,5,12-13H2,1-3H3/b22-20-. The lowest BCUT2D eigenvalue weighted by Crippen LogP contribution is -2.31. The fraction of sp³-hybridized carbons (Fsp3) is 0.333. The summed E-state index contributed by atoms with van der Waals surface area (Å²) in [5.41, 5.74) is 1.13. The molecule has 1 atom stereocenters. The van der Waals surface area contributed by atoms with Crippen molar-refractivity contribution in [1.82, 2.24) is 4.90 Å². The molecular formula is C24H26ClNO5. The van der Waals surface area contributed by atoms with E-state index >= 15 is 0 Å². The highest BCUT2D eigenvalue weighted by Gasteiger charge is 2.45. The summed E-state index contributed by atoms with van der Waals surface area (Å²) < 4.78 is 10.8. The van der Waals surface area contributed by atoms with E-state index in [1.54, 1.807) is 43.5 Å². The zero-order chi connectivity index (χ0) is 22.5. The van der Waals surface area contributed by atoms with Gasteiger partial charge in [-0.25, -0.2) is 0 Å². The Bertz CT molecular complexity index is 984. The van der Waals surface area contributed by atoms with Crippen LogP contribution in [-0.4, -0.2) is 48.1 Å². The van der Waals surface area contributed by atoms with Crippen LogP contribution in [0.5, 0.6) is 5.75 Å². The first-order valence-electron chi connectivity index (χ1n) is 10.1. The first kappa shape index (κ1) is 22.8. The van der Waals surface area contributed by atoms with Crippen LogP contribution in [0.1, 0.15) is 37.4 Å². The van der Waals surface area contributed by atoms with Crippen molar-refractivity contribution in [2.75, 3.05) is 20.3 Å². The summed E-state index contributed by atoms with van der Waals surface area (Å²) >= 11 is 6.06. The maximum Gasteiger partial charge on any atom is 0.295 e. The number of aliphatic hydroxyl groups is 1. The van der Waals surface area contributed by atoms with Crippen LogP contribution in [0.25, 0.3) is 5.76 Å². The molecule has 1 fully saturated rings. The summed E-state index contributed by atoms with van der Waals surface area (Å²) in [5.74, 6) is -0.929. The van der Waals surface area contributed by atoms with Crippen LogP contribution in [-0.2, 0) is 14.3 Å². The van der Waals surface area contributed by atoms with E-state index in [0.717, 1.165) is 0 Å². The summed E-state index contributed by atoms with van der Waals surface area (Å²) in [6, 6.07) is 13.1. The molecule has 0 radical (unpaired) electrons. The van der Waals surface area contributed by atoms with Crippen molar-refractivity contribution in [1.29, 1.82) is 0 Å². The molecule has 1 unspecified atom stereocenters. The minimum Gasteiger partial charge on any atom is -0.507 e. The van der Waals surface area contributed by atoms with Crippen molar-refractivity contribution in [2.24, 2.45) is 0 Å². The molecule has 0 aromatic heterocycles. The van der Waals surface area contributed by atoms with Crippen LogP contribution in [0.3, 0.4) is 0 Å². The van der Waals surface area contributed by atoms with Crippen LogP contribution in [0.15, 0.2) is 54.1 Å². The molecule has 1 aliphatic heterocycles. The highest BCUT2D eigenvalue weighted by atomic mass is 35.5. The van der Waals surface area contributed by atoms with Crippen LogP contribution in [0.2, 0.25) is 5.02 Å². The monoisotopic (exact) mass is 443 g/mol. The number of carbonyl (C=O) groups is 2. The number of likely N-dealkylation sites (tertiary alicyclic amines) is 1. The number of Topliss-reactive ketones (excluding diaryl/α,β-unsaturated/α-hetero) is 1. The molecule has 6 nitrogen and oxygen atoms in total. The third kappa shape index (κ3) is 5.09. The van der Waals surface area contributed by atoms with Crippen molar-refractivity contribution in [2.45, 2.75) is 32.4 Å². The Labute approximate surface area is 187 Å². The van der Waals surface area contributed by atoms with Gasteiger partial charge in [-0.2, -0.15) is 0 Å². The molecule has 2 aromatic carbocycles. The number of hydrogen-bond donors (Lipinski definition) is 1. The molecule has 7 heteroatoms. The topological polar surface area (TPSA) is 76.1 Å². The molecule has 0 spiro atoms. The van der Waals surface area contributed by atoms with E-state index in [9.17, 15) is 14.7 Å². The number of rotatable bonds is 8. The molecule has 1 N–H and O–H groups in total. The predicted octanol–water partition coefficient (Wildman–Crippen LogP) is 4.59. The molecule has 0 aliphatic carbocycles. The van der Waals surface area contributed by atoms with E-state index < -0.39 is 17.7 Å². The summed E-state index contributed by atoms with van der Waals surface area (Å²) in [4.78, 5) is 27.3. The van der Waals surface area contributed by atoms with Crippen molar-refractivity contribution in [3.8, 4) is 5.75 Å². The fourth-order valence-corrected chi connectivity index (χ4v) is 3.82. The maximum absolute atomic E-state index is 12.9. The Morgan fingerprint density at radius 2 is 1.87 bits per heavy atom. The Balaban J connectivity index is 2.07. The number of ketones is 1. The molecular weight excluding hydrogens is 418 g/mol. The molecule has 3 rings (SSSR count). The number of methoxy groups -OCH3 is 1. The molecule has 1 heterocycles. The Morgan fingerprint density at radius 3 is 2.48 bits per heavy atom. The van der Waals surface area contributed by atoms with Crippen molar-refractivity contribution >= 4 is 29.1 Å². The molecule has 2 aromatic rings. The number of benzene rings is 2. The molecule has 0 saturated carbocycles. The van der Waals surface area contributed by atoms with Crippen molar-refractivity contribution in [3.63, 3.8) is 0 Å². The third-order valence-electron chi connectivity index (χ3n) is 4.95. The van der Waals surface area contributed by atoms with Gasteiger partial charge in [0.2, 0.25) is 0 Å². The summed E-state index contributed by atoms with van der Waals surface area (Å²) in [6.45, 7) is 4.64. The van der Waals surface area contributed by atoms with Crippen LogP contribution < -0.4 is 4.74 Å². The quantitative estimate of drug-likeness (QED) is 0.279. The normalized spacial score (nSPS) is 18.1. The number of amides is 1. The van der Waals surface area contributed by atoms with E-state index in [0.29, 0.717) is 41.5 Å². The lowest BCUT2D eigenvalue weighted by molar-refractivity contribution is -0.140. The van der Waals surface area contributed by atoms with Gasteiger partial charge in [-0.15, -0.1) is 0 Å². The zero-order valence-electron chi connectivity index (χ0n) is 17.8. The molecule has 31 heavy (non-hydrogen) atoms. The molecule has 1 amide bonds. The lowest BCUT2D eigenvalue weighted by atomic mass is 9.95. The second-order valence-corrected chi connectivity index (χ2v) is 8.02. The van der Waals surface area contributed by atoms with Gasteiger partial charge in [-0.05, 0) is 50.1 Å². The predicted molar refractivity (Wildman–Crippen MR) is 119 cm³/mol. The fourth-order valence-electron chi connectivity index (χ4n) is 3.63. The molecule has 164 valence electrons. The second kappa shape index (κ2) is 9.98. The largest absolute Gasteiger partial charge is 0.507 e. The zero-order valence-corrected chi connectivity index (χ0v) is 18.6. The van der Waals surface area contributed by atoms with Gasteiger partial charge < -0.3 is 19.5 Å². The highest BCUT2D eigenvalue weighted by Crippen LogP contribution is 2.40. The third-order valence-corrected chi connectivity index (χ3v) is 5.19. The number of aliphatic hydroxyl groups excluding tert-OH is 1. The summed E-state index contributed by atoms with van der Waals surface area (Å²) in [7, 11) is 1.58. The molecule has 0 bridgehead atoms. The van der Waals surface area contributed by atoms with Gasteiger partial charge in [0, 0.05) is 30.8 Å². The highest BCUT2D eigenvalue weighted by molar-refractivity contribution is 6.46. The number of carbonyl (C=O) groups excluding carboxylic acids is 2. The summed E-state index contributed by atoms with van der Waals surface area (Å²) in [6.07, 6.45) is 0.583. The SMILES string of the molecule is COCCCN1C(=O)C(=O)/C(=C(\O)c2cccc(Cl)c2)C1c1ccc(OC(C)C)cc1. The average Bonchev–Trinajstić information content (AvgIpc) is 2.98. The maximum atomic E-state index is 12.9. The first-order chi connectivity index (χ1) is 14.8. The smallest absolute Gasteiger partial charge is 0.295 e. The van der Waals surface area contributed by atoms with E-state index in [2.05, 4.69) is 0 Å². The minimum absolute atomic E-state index is 0.0216. The van der Waals surface area contributed by atoms with Gasteiger partial charge in [0.05, 0.1) is 17.7 Å². The van der Waals surface area contributed by atoms with Gasteiger partial charge in [0.15, 0.2) is 0 Å². The number of nitrogens with zero attached hydrogens (tertiary/aromatic N) is 1. The Kier molecular flexibility index (Phi) is 7.36. The van der Waals surface area contributed by atoms with Crippen LogP contribution in [0, 0.1) is 0 Å².